The molecule has 0 saturated carbocycles. The largest absolute Gasteiger partial charge is 0.341 e. The predicted octanol–water partition coefficient (Wildman–Crippen LogP) is 0.318. The molecule has 1 unspecified atom stereocenters. The molecule has 0 aliphatic carbocycles. The van der Waals surface area contributed by atoms with Crippen LogP contribution in [0.4, 0.5) is 0 Å². The highest BCUT2D eigenvalue weighted by atomic mass is 32.2. The average Bonchev–Trinajstić information content (AvgIpc) is 2.75. The number of amides is 1. The fourth-order valence-corrected chi connectivity index (χ4v) is 4.17. The summed E-state index contributed by atoms with van der Waals surface area (Å²) < 4.78 is 28.5. The van der Waals surface area contributed by atoms with E-state index < -0.39 is 10.2 Å². The van der Waals surface area contributed by atoms with Crippen LogP contribution in [0.25, 0.3) is 0 Å². The van der Waals surface area contributed by atoms with Crippen molar-refractivity contribution in [3.05, 3.63) is 0 Å². The van der Waals surface area contributed by atoms with Crippen molar-refractivity contribution in [1.29, 1.82) is 0 Å². The number of piperidine rings is 1. The number of carbonyl (C=O) groups is 1. The number of nitrogens with zero attached hydrogens (tertiary/aromatic N) is 2. The van der Waals surface area contributed by atoms with Gasteiger partial charge in [-0.15, -0.1) is 0 Å². The van der Waals surface area contributed by atoms with E-state index in [9.17, 15) is 13.2 Å². The highest BCUT2D eigenvalue weighted by molar-refractivity contribution is 7.87. The summed E-state index contributed by atoms with van der Waals surface area (Å²) in [5, 5.41) is 0. The van der Waals surface area contributed by atoms with Crippen LogP contribution < -0.4 is 4.72 Å². The minimum Gasteiger partial charge on any atom is -0.341 e. The van der Waals surface area contributed by atoms with Gasteiger partial charge in [0.2, 0.25) is 5.91 Å². The van der Waals surface area contributed by atoms with Gasteiger partial charge < -0.3 is 4.90 Å². The monoisotopic (exact) mass is 289 g/mol. The van der Waals surface area contributed by atoms with E-state index in [2.05, 4.69) is 4.72 Å². The predicted molar refractivity (Wildman–Crippen MR) is 72.8 cm³/mol. The molecule has 1 amide bonds. The Morgan fingerprint density at radius 3 is 2.42 bits per heavy atom. The molecule has 0 aromatic carbocycles. The van der Waals surface area contributed by atoms with Crippen molar-refractivity contribution in [3.63, 3.8) is 0 Å². The number of carbonyl (C=O) groups excluding carboxylic acids is 1. The third-order valence-corrected chi connectivity index (χ3v) is 5.42. The van der Waals surface area contributed by atoms with Gasteiger partial charge in [0.05, 0.1) is 0 Å². The Bertz CT molecular complexity index is 418. The van der Waals surface area contributed by atoms with Gasteiger partial charge in [-0.3, -0.25) is 4.79 Å². The molecule has 0 spiro atoms. The number of hydrogen-bond acceptors (Lipinski definition) is 3. The molecule has 0 radical (unpaired) electrons. The van der Waals surface area contributed by atoms with Crippen LogP contribution >= 0.6 is 0 Å². The van der Waals surface area contributed by atoms with Crippen molar-refractivity contribution in [1.82, 2.24) is 13.9 Å². The third kappa shape index (κ3) is 3.90. The van der Waals surface area contributed by atoms with Crippen LogP contribution in [0, 0.1) is 0 Å². The molecule has 0 aromatic heterocycles. The zero-order chi connectivity index (χ0) is 13.9. The van der Waals surface area contributed by atoms with Crippen LogP contribution in [0.5, 0.6) is 0 Å². The van der Waals surface area contributed by atoms with E-state index in [1.165, 1.54) is 4.31 Å². The normalized spacial score (nSPS) is 23.8. The molecule has 2 aliphatic heterocycles. The summed E-state index contributed by atoms with van der Waals surface area (Å²) in [4.78, 5) is 13.3. The van der Waals surface area contributed by atoms with E-state index in [1.807, 2.05) is 6.92 Å². The summed E-state index contributed by atoms with van der Waals surface area (Å²) in [5.41, 5.74) is 0. The molecule has 1 N–H and O–H groups in total. The molecule has 110 valence electrons. The topological polar surface area (TPSA) is 69.7 Å². The molecule has 2 rings (SSSR count). The highest BCUT2D eigenvalue weighted by Crippen LogP contribution is 2.13. The fourth-order valence-electron chi connectivity index (χ4n) is 2.70. The Balaban J connectivity index is 1.86. The van der Waals surface area contributed by atoms with Gasteiger partial charge in [-0.2, -0.15) is 17.4 Å². The minimum absolute atomic E-state index is 0.129. The number of nitrogens with one attached hydrogen (secondary N) is 1. The second-order valence-electron chi connectivity index (χ2n) is 5.43. The van der Waals surface area contributed by atoms with Crippen LogP contribution in [0.1, 0.15) is 39.0 Å². The summed E-state index contributed by atoms with van der Waals surface area (Å²) in [6.07, 6.45) is 4.43. The lowest BCUT2D eigenvalue weighted by Crippen LogP contribution is -2.49. The lowest BCUT2D eigenvalue weighted by molar-refractivity contribution is -0.127. The first kappa shape index (κ1) is 14.7. The van der Waals surface area contributed by atoms with Gasteiger partial charge in [0.15, 0.2) is 0 Å². The second-order valence-corrected chi connectivity index (χ2v) is 7.13. The highest BCUT2D eigenvalue weighted by Gasteiger charge is 2.27. The van der Waals surface area contributed by atoms with Crippen molar-refractivity contribution < 1.29 is 13.2 Å². The first-order valence-corrected chi connectivity index (χ1v) is 8.48. The summed E-state index contributed by atoms with van der Waals surface area (Å²) >= 11 is 0. The van der Waals surface area contributed by atoms with Crippen molar-refractivity contribution >= 4 is 16.1 Å². The zero-order valence-corrected chi connectivity index (χ0v) is 12.3. The molecule has 2 fully saturated rings. The lowest BCUT2D eigenvalue weighted by Gasteiger charge is -2.28. The van der Waals surface area contributed by atoms with E-state index in [0.717, 1.165) is 32.2 Å². The first-order valence-electron chi connectivity index (χ1n) is 7.04. The van der Waals surface area contributed by atoms with E-state index in [4.69, 9.17) is 0 Å². The van der Waals surface area contributed by atoms with Gasteiger partial charge in [-0.25, -0.2) is 0 Å². The minimum atomic E-state index is -3.40. The second kappa shape index (κ2) is 6.19. The maximum Gasteiger partial charge on any atom is 0.279 e. The van der Waals surface area contributed by atoms with Gasteiger partial charge in [0.1, 0.15) is 0 Å². The van der Waals surface area contributed by atoms with Gasteiger partial charge in [-0.05, 0) is 26.2 Å². The quantitative estimate of drug-likeness (QED) is 0.792. The standard InChI is InChI=1S/C12H23N3O3S/c1-11(10-14-7-5-6-12(14)16)13-19(17,18)15-8-3-2-4-9-15/h11,13H,2-10H2,1H3. The Labute approximate surface area is 115 Å². The Morgan fingerprint density at radius 2 is 1.84 bits per heavy atom. The smallest absolute Gasteiger partial charge is 0.279 e. The summed E-state index contributed by atoms with van der Waals surface area (Å²) in [7, 11) is -3.40. The van der Waals surface area contributed by atoms with Crippen LogP contribution in [-0.4, -0.2) is 55.8 Å². The van der Waals surface area contributed by atoms with Crippen molar-refractivity contribution in [2.24, 2.45) is 0 Å². The summed E-state index contributed by atoms with van der Waals surface area (Å²) in [6.45, 7) is 4.23. The van der Waals surface area contributed by atoms with Gasteiger partial charge in [0, 0.05) is 38.6 Å². The molecule has 1 atom stereocenters. The summed E-state index contributed by atoms with van der Waals surface area (Å²) in [6, 6.07) is -0.242. The van der Waals surface area contributed by atoms with Crippen molar-refractivity contribution in [2.45, 2.75) is 45.1 Å². The molecular weight excluding hydrogens is 266 g/mol. The molecule has 2 heterocycles. The van der Waals surface area contributed by atoms with Gasteiger partial charge >= 0.3 is 0 Å². The van der Waals surface area contributed by atoms with E-state index >= 15 is 0 Å². The van der Waals surface area contributed by atoms with Crippen molar-refractivity contribution in [2.75, 3.05) is 26.2 Å². The van der Waals surface area contributed by atoms with Crippen LogP contribution in [0.3, 0.4) is 0 Å². The molecule has 6 nitrogen and oxygen atoms in total. The van der Waals surface area contributed by atoms with Gasteiger partial charge in [-0.1, -0.05) is 6.42 Å². The fraction of sp³-hybridized carbons (Fsp3) is 0.917. The number of likely N-dealkylation sites (tertiary alicyclic amines) is 1. The lowest BCUT2D eigenvalue weighted by atomic mass is 10.2. The SMILES string of the molecule is CC(CN1CCCC1=O)NS(=O)(=O)N1CCCCC1. The van der Waals surface area contributed by atoms with Crippen molar-refractivity contribution in [3.8, 4) is 0 Å². The maximum absolute atomic E-state index is 12.2. The summed E-state index contributed by atoms with van der Waals surface area (Å²) in [5.74, 6) is 0.129. The molecule has 19 heavy (non-hydrogen) atoms. The Kier molecular flexibility index (Phi) is 4.81. The van der Waals surface area contributed by atoms with Gasteiger partial charge in [0.25, 0.3) is 10.2 Å². The average molecular weight is 289 g/mol. The van der Waals surface area contributed by atoms with E-state index in [-0.39, 0.29) is 11.9 Å². The molecular formula is C12H23N3O3S. The molecule has 0 bridgehead atoms. The molecule has 2 saturated heterocycles. The third-order valence-electron chi connectivity index (χ3n) is 3.67. The molecule has 7 heteroatoms. The first-order chi connectivity index (χ1) is 8.99. The number of hydrogen-bond donors (Lipinski definition) is 1. The maximum atomic E-state index is 12.2. The zero-order valence-electron chi connectivity index (χ0n) is 11.5. The Hall–Kier alpha value is -0.660. The van der Waals surface area contributed by atoms with E-state index in [1.54, 1.807) is 4.90 Å². The van der Waals surface area contributed by atoms with Crippen LogP contribution in [0.15, 0.2) is 0 Å². The van der Waals surface area contributed by atoms with Crippen LogP contribution in [0.2, 0.25) is 0 Å². The molecule has 0 aromatic rings. The number of rotatable bonds is 5. The van der Waals surface area contributed by atoms with Crippen LogP contribution in [-0.2, 0) is 15.0 Å². The van der Waals surface area contributed by atoms with E-state index in [0.29, 0.717) is 26.1 Å². The Morgan fingerprint density at radius 1 is 1.16 bits per heavy atom. The molecule has 2 aliphatic rings.